The Balaban J connectivity index is 2.54. The van der Waals surface area contributed by atoms with Crippen LogP contribution in [0.3, 0.4) is 0 Å². The predicted octanol–water partition coefficient (Wildman–Crippen LogP) is -0.311. The topological polar surface area (TPSA) is 98.4 Å². The van der Waals surface area contributed by atoms with Crippen molar-refractivity contribution >= 4 is 11.6 Å². The number of benzene rings is 1. The second kappa shape index (κ2) is 3.31. The standard InChI is InChI=1S/C10H14N5O/c1-7-9(11)10(16)15(13,14(7)12)8-5-3-2-4-6-8/h2-6H,11-13H2,1H3/q+1. The summed E-state index contributed by atoms with van der Waals surface area (Å²) in [5.74, 6) is 11.4. The number of rotatable bonds is 1. The Labute approximate surface area is 93.0 Å². The lowest BCUT2D eigenvalue weighted by Gasteiger charge is -2.30. The number of quaternary nitrogens is 1. The van der Waals surface area contributed by atoms with Crippen molar-refractivity contribution in [3.05, 3.63) is 41.7 Å². The van der Waals surface area contributed by atoms with Gasteiger partial charge in [0.25, 0.3) is 0 Å². The summed E-state index contributed by atoms with van der Waals surface area (Å²) in [7, 11) is 0. The van der Waals surface area contributed by atoms with E-state index in [9.17, 15) is 4.79 Å². The molecule has 0 saturated heterocycles. The third-order valence-corrected chi connectivity index (χ3v) is 2.76. The molecule has 0 spiro atoms. The average molecular weight is 220 g/mol. The summed E-state index contributed by atoms with van der Waals surface area (Å²) in [4.78, 5) is 12.0. The van der Waals surface area contributed by atoms with E-state index in [1.807, 2.05) is 6.07 Å². The molecule has 1 aliphatic rings. The van der Waals surface area contributed by atoms with Crippen molar-refractivity contribution in [2.75, 3.05) is 0 Å². The summed E-state index contributed by atoms with van der Waals surface area (Å²) in [6.07, 6.45) is 0. The van der Waals surface area contributed by atoms with E-state index in [-0.39, 0.29) is 5.70 Å². The average Bonchev–Trinajstić information content (AvgIpc) is 2.47. The van der Waals surface area contributed by atoms with Gasteiger partial charge < -0.3 is 5.73 Å². The van der Waals surface area contributed by atoms with Gasteiger partial charge in [-0.25, -0.2) is 4.79 Å². The second-order valence-corrected chi connectivity index (χ2v) is 3.67. The molecule has 6 nitrogen and oxygen atoms in total. The van der Waals surface area contributed by atoms with Crippen LogP contribution < -0.4 is 22.1 Å². The maximum Gasteiger partial charge on any atom is 0.413 e. The fourth-order valence-electron chi connectivity index (χ4n) is 1.69. The van der Waals surface area contributed by atoms with Gasteiger partial charge in [-0.15, -0.1) is 11.0 Å². The lowest BCUT2D eigenvalue weighted by atomic mass is 10.3. The van der Waals surface area contributed by atoms with Crippen LogP contribution in [0.1, 0.15) is 6.92 Å². The fourth-order valence-corrected chi connectivity index (χ4v) is 1.69. The van der Waals surface area contributed by atoms with Gasteiger partial charge in [-0.05, 0) is 11.6 Å². The van der Waals surface area contributed by atoms with Crippen LogP contribution >= 0.6 is 0 Å². The summed E-state index contributed by atoms with van der Waals surface area (Å²) < 4.78 is -0.640. The van der Waals surface area contributed by atoms with Crippen LogP contribution in [-0.4, -0.2) is 11.0 Å². The molecule has 0 aromatic heterocycles. The summed E-state index contributed by atoms with van der Waals surface area (Å²) in [6.45, 7) is 1.66. The largest absolute Gasteiger partial charge is 0.413 e. The first-order valence-electron chi connectivity index (χ1n) is 4.79. The molecule has 0 saturated carbocycles. The summed E-state index contributed by atoms with van der Waals surface area (Å²) >= 11 is 0. The number of amides is 1. The van der Waals surface area contributed by atoms with Crippen molar-refractivity contribution in [1.82, 2.24) is 9.82 Å². The van der Waals surface area contributed by atoms with Gasteiger partial charge >= 0.3 is 5.91 Å². The number of carbonyl (C=O) groups excluding carboxylic acids is 1. The monoisotopic (exact) mass is 220 g/mol. The van der Waals surface area contributed by atoms with Crippen LogP contribution in [-0.2, 0) is 4.79 Å². The molecule has 2 rings (SSSR count). The van der Waals surface area contributed by atoms with Gasteiger partial charge in [-0.1, -0.05) is 18.2 Å². The Hall–Kier alpha value is -1.89. The van der Waals surface area contributed by atoms with Crippen molar-refractivity contribution in [1.29, 1.82) is 0 Å². The van der Waals surface area contributed by atoms with Gasteiger partial charge in [0, 0.05) is 12.1 Å². The molecule has 1 aromatic rings. The van der Waals surface area contributed by atoms with Crippen molar-refractivity contribution < 1.29 is 4.79 Å². The summed E-state index contributed by atoms with van der Waals surface area (Å²) in [5, 5.41) is 1.16. The van der Waals surface area contributed by atoms with Crippen molar-refractivity contribution in [2.45, 2.75) is 6.92 Å². The molecule has 0 aliphatic carbocycles. The molecule has 1 amide bonds. The first kappa shape index (κ1) is 10.6. The number of carbonyl (C=O) groups is 1. The Bertz CT molecular complexity index is 469. The molecule has 84 valence electrons. The fraction of sp³-hybridized carbons (Fsp3) is 0.100. The minimum Gasteiger partial charge on any atom is -0.389 e. The van der Waals surface area contributed by atoms with E-state index < -0.39 is 10.6 Å². The zero-order valence-electron chi connectivity index (χ0n) is 8.92. The minimum atomic E-state index is -0.640. The number of hydrogen-bond acceptors (Lipinski definition) is 5. The van der Waals surface area contributed by atoms with Crippen LogP contribution in [0.25, 0.3) is 0 Å². The second-order valence-electron chi connectivity index (χ2n) is 3.67. The van der Waals surface area contributed by atoms with E-state index in [1.54, 1.807) is 31.2 Å². The molecule has 1 aromatic carbocycles. The Morgan fingerprint density at radius 2 is 1.81 bits per heavy atom. The van der Waals surface area contributed by atoms with Crippen LogP contribution in [0.2, 0.25) is 0 Å². The van der Waals surface area contributed by atoms with Gasteiger partial charge in [0.2, 0.25) is 0 Å². The highest BCUT2D eigenvalue weighted by molar-refractivity contribution is 6.02. The third-order valence-electron chi connectivity index (χ3n) is 2.76. The Morgan fingerprint density at radius 1 is 1.25 bits per heavy atom. The number of nitrogens with two attached hydrogens (primary N) is 3. The number of hydrazine groups is 1. The lowest BCUT2D eigenvalue weighted by molar-refractivity contribution is -0.136. The molecular formula is C10H14N5O+. The van der Waals surface area contributed by atoms with E-state index >= 15 is 0 Å². The molecule has 1 aliphatic heterocycles. The zero-order chi connectivity index (χ0) is 11.9. The van der Waals surface area contributed by atoms with Crippen molar-refractivity contribution in [3.63, 3.8) is 0 Å². The van der Waals surface area contributed by atoms with Crippen LogP contribution in [0.15, 0.2) is 41.7 Å². The first-order valence-corrected chi connectivity index (χ1v) is 4.79. The smallest absolute Gasteiger partial charge is 0.389 e. The van der Waals surface area contributed by atoms with Crippen LogP contribution in [0, 0.1) is 0 Å². The van der Waals surface area contributed by atoms with E-state index in [0.717, 1.165) is 5.12 Å². The maximum atomic E-state index is 12.0. The number of para-hydroxylation sites is 1. The molecular weight excluding hydrogens is 206 g/mol. The molecule has 0 bridgehead atoms. The molecule has 0 fully saturated rings. The molecule has 1 atom stereocenters. The number of hydrogen-bond donors (Lipinski definition) is 3. The molecule has 16 heavy (non-hydrogen) atoms. The van der Waals surface area contributed by atoms with Crippen molar-refractivity contribution in [3.8, 4) is 0 Å². The van der Waals surface area contributed by atoms with Gasteiger partial charge in [0.05, 0.1) is 0 Å². The van der Waals surface area contributed by atoms with Gasteiger partial charge in [0.1, 0.15) is 5.70 Å². The molecule has 6 heteroatoms. The van der Waals surface area contributed by atoms with Crippen LogP contribution in [0.5, 0.6) is 0 Å². The minimum absolute atomic E-state index is 0.0915. The zero-order valence-corrected chi connectivity index (χ0v) is 8.92. The molecule has 0 radical (unpaired) electrons. The molecule has 6 N–H and O–H groups in total. The highest BCUT2D eigenvalue weighted by Crippen LogP contribution is 2.29. The quantitative estimate of drug-likeness (QED) is 0.342. The van der Waals surface area contributed by atoms with E-state index in [1.165, 1.54) is 0 Å². The summed E-state index contributed by atoms with van der Waals surface area (Å²) in [6, 6.07) is 8.86. The lowest BCUT2D eigenvalue weighted by Crippen LogP contribution is -2.68. The summed E-state index contributed by atoms with van der Waals surface area (Å²) in [5.41, 5.74) is 6.76. The van der Waals surface area contributed by atoms with E-state index in [2.05, 4.69) is 0 Å². The SMILES string of the molecule is CC1=C(N)C(=O)[N+](N)(c2ccccc2)N1N. The number of allylic oxidation sites excluding steroid dienone is 1. The number of nitrogens with zero attached hydrogens (tertiary/aromatic N) is 2. The maximum absolute atomic E-state index is 12.0. The van der Waals surface area contributed by atoms with Crippen molar-refractivity contribution in [2.24, 2.45) is 17.4 Å². The van der Waals surface area contributed by atoms with Gasteiger partial charge in [0.15, 0.2) is 11.4 Å². The predicted molar refractivity (Wildman–Crippen MR) is 60.3 cm³/mol. The molecule has 1 unspecified atom stereocenters. The third kappa shape index (κ3) is 1.15. The normalized spacial score (nSPS) is 25.4. The Kier molecular flexibility index (Phi) is 2.20. The molecule has 1 heterocycles. The van der Waals surface area contributed by atoms with E-state index in [0.29, 0.717) is 11.4 Å². The van der Waals surface area contributed by atoms with Gasteiger partial charge in [-0.3, -0.25) is 0 Å². The Morgan fingerprint density at radius 3 is 2.25 bits per heavy atom. The highest BCUT2D eigenvalue weighted by Gasteiger charge is 2.51. The van der Waals surface area contributed by atoms with Crippen LogP contribution in [0.4, 0.5) is 5.69 Å². The first-order chi connectivity index (χ1) is 7.49. The van der Waals surface area contributed by atoms with E-state index in [4.69, 9.17) is 17.4 Å². The van der Waals surface area contributed by atoms with Gasteiger partial charge in [-0.2, -0.15) is 5.84 Å². The highest BCUT2D eigenvalue weighted by atomic mass is 16.2.